The molecule has 4 rings (SSSR count). The van der Waals surface area contributed by atoms with Gasteiger partial charge in [0.05, 0.1) is 12.2 Å². The number of hydrogen-bond donors (Lipinski definition) is 2. The molecule has 0 aromatic heterocycles. The molecule has 2 aromatic rings. The maximum absolute atomic E-state index is 10.6. The zero-order valence-electron chi connectivity index (χ0n) is 10.5. The van der Waals surface area contributed by atoms with Crippen molar-refractivity contribution in [3.63, 3.8) is 0 Å². The minimum atomic E-state index is -0.457. The molecule has 2 aliphatic carbocycles. The largest absolute Gasteiger partial charge is 0.388 e. The second-order valence-corrected chi connectivity index (χ2v) is 5.60. The van der Waals surface area contributed by atoms with Crippen molar-refractivity contribution in [1.29, 1.82) is 0 Å². The first-order valence-corrected chi connectivity index (χ1v) is 6.81. The summed E-state index contributed by atoms with van der Waals surface area (Å²) in [4.78, 5) is 0. The lowest BCUT2D eigenvalue weighted by molar-refractivity contribution is 0.0679. The Balaban J connectivity index is 1.95. The van der Waals surface area contributed by atoms with Crippen molar-refractivity contribution in [2.75, 3.05) is 0 Å². The van der Waals surface area contributed by atoms with Crippen molar-refractivity contribution < 1.29 is 10.2 Å². The smallest absolute Gasteiger partial charge is 0.0861 e. The summed E-state index contributed by atoms with van der Waals surface area (Å²) in [6.45, 7) is 0. The third-order valence-corrected chi connectivity index (χ3v) is 4.70. The molecule has 96 valence electrons. The minimum Gasteiger partial charge on any atom is -0.388 e. The molecule has 0 saturated carbocycles. The van der Waals surface area contributed by atoms with Gasteiger partial charge in [0, 0.05) is 11.8 Å². The number of hydrogen-bond acceptors (Lipinski definition) is 2. The van der Waals surface area contributed by atoms with Crippen LogP contribution in [-0.4, -0.2) is 10.2 Å². The number of aliphatic hydroxyl groups excluding tert-OH is 2. The van der Waals surface area contributed by atoms with Gasteiger partial charge < -0.3 is 10.2 Å². The zero-order valence-corrected chi connectivity index (χ0v) is 10.5. The Morgan fingerprint density at radius 3 is 1.42 bits per heavy atom. The summed E-state index contributed by atoms with van der Waals surface area (Å²) in [6, 6.07) is 15.9. The normalized spacial score (nSPS) is 31.5. The highest BCUT2D eigenvalue weighted by atomic mass is 16.3. The van der Waals surface area contributed by atoms with Crippen molar-refractivity contribution in [1.82, 2.24) is 0 Å². The average molecular weight is 252 g/mol. The van der Waals surface area contributed by atoms with E-state index < -0.39 is 12.2 Å². The molecule has 4 atom stereocenters. The topological polar surface area (TPSA) is 40.5 Å². The molecule has 19 heavy (non-hydrogen) atoms. The van der Waals surface area contributed by atoms with E-state index in [4.69, 9.17) is 0 Å². The quantitative estimate of drug-likeness (QED) is 0.756. The number of aliphatic hydroxyl groups is 2. The molecule has 0 amide bonds. The van der Waals surface area contributed by atoms with Gasteiger partial charge in [0.15, 0.2) is 0 Å². The molecule has 0 unspecified atom stereocenters. The molecular weight excluding hydrogens is 236 g/mol. The van der Waals surface area contributed by atoms with E-state index in [2.05, 4.69) is 0 Å². The van der Waals surface area contributed by atoms with Gasteiger partial charge in [-0.25, -0.2) is 0 Å². The Kier molecular flexibility index (Phi) is 2.32. The monoisotopic (exact) mass is 252 g/mol. The predicted molar refractivity (Wildman–Crippen MR) is 72.9 cm³/mol. The number of fused-ring (bicyclic) bond motifs is 6. The van der Waals surface area contributed by atoms with E-state index in [1.165, 1.54) is 0 Å². The molecule has 2 heteroatoms. The van der Waals surface area contributed by atoms with E-state index in [1.54, 1.807) is 0 Å². The molecular formula is C17H16O2. The molecule has 2 aliphatic rings. The summed E-state index contributed by atoms with van der Waals surface area (Å²) in [7, 11) is 0. The van der Waals surface area contributed by atoms with E-state index in [-0.39, 0.29) is 11.8 Å². The third kappa shape index (κ3) is 1.44. The van der Waals surface area contributed by atoms with Crippen LogP contribution in [0.25, 0.3) is 0 Å². The van der Waals surface area contributed by atoms with Gasteiger partial charge in [-0.05, 0) is 28.7 Å². The molecule has 2 bridgehead atoms. The van der Waals surface area contributed by atoms with Crippen LogP contribution in [0.3, 0.4) is 0 Å². The van der Waals surface area contributed by atoms with Gasteiger partial charge in [-0.3, -0.25) is 0 Å². The van der Waals surface area contributed by atoms with Crippen molar-refractivity contribution in [3.8, 4) is 0 Å². The highest BCUT2D eigenvalue weighted by Crippen LogP contribution is 2.55. The average Bonchev–Trinajstić information content (AvgIpc) is 2.47. The van der Waals surface area contributed by atoms with Crippen LogP contribution in [0, 0.1) is 0 Å². The van der Waals surface area contributed by atoms with E-state index in [0.29, 0.717) is 0 Å². The van der Waals surface area contributed by atoms with Gasteiger partial charge in [-0.1, -0.05) is 48.5 Å². The van der Waals surface area contributed by atoms with Crippen LogP contribution in [0.5, 0.6) is 0 Å². The molecule has 2 N–H and O–H groups in total. The molecule has 0 spiro atoms. The van der Waals surface area contributed by atoms with Crippen LogP contribution in [-0.2, 0) is 0 Å². The molecule has 2 aromatic carbocycles. The van der Waals surface area contributed by atoms with Gasteiger partial charge in [0.25, 0.3) is 0 Å². The van der Waals surface area contributed by atoms with Crippen molar-refractivity contribution in [2.24, 2.45) is 0 Å². The second-order valence-electron chi connectivity index (χ2n) is 5.60. The summed E-state index contributed by atoms with van der Waals surface area (Å²) >= 11 is 0. The fraction of sp³-hybridized carbons (Fsp3) is 0.294. The maximum atomic E-state index is 10.6. The molecule has 0 aliphatic heterocycles. The van der Waals surface area contributed by atoms with Crippen molar-refractivity contribution in [2.45, 2.75) is 30.5 Å². The highest BCUT2D eigenvalue weighted by Gasteiger charge is 2.43. The summed E-state index contributed by atoms with van der Waals surface area (Å²) in [5.41, 5.74) is 4.18. The van der Waals surface area contributed by atoms with Gasteiger partial charge >= 0.3 is 0 Å². The Bertz CT molecular complexity index is 579. The van der Waals surface area contributed by atoms with Crippen LogP contribution in [0.4, 0.5) is 0 Å². The lowest BCUT2D eigenvalue weighted by Crippen LogP contribution is -2.31. The maximum Gasteiger partial charge on any atom is 0.0861 e. The third-order valence-electron chi connectivity index (χ3n) is 4.70. The first-order chi connectivity index (χ1) is 9.27. The van der Waals surface area contributed by atoms with Gasteiger partial charge in [0.1, 0.15) is 0 Å². The number of benzene rings is 2. The lowest BCUT2D eigenvalue weighted by atomic mass is 9.64. The predicted octanol–water partition coefficient (Wildman–Crippen LogP) is 3.04. The van der Waals surface area contributed by atoms with Crippen LogP contribution in [0.15, 0.2) is 48.5 Å². The Morgan fingerprint density at radius 2 is 1.00 bits per heavy atom. The van der Waals surface area contributed by atoms with Crippen LogP contribution in [0.2, 0.25) is 0 Å². The van der Waals surface area contributed by atoms with Gasteiger partial charge in [-0.2, -0.15) is 0 Å². The van der Waals surface area contributed by atoms with Crippen LogP contribution < -0.4 is 0 Å². The van der Waals surface area contributed by atoms with E-state index >= 15 is 0 Å². The minimum absolute atomic E-state index is 0.111. The highest BCUT2D eigenvalue weighted by molar-refractivity contribution is 5.47. The Labute approximate surface area is 112 Å². The molecule has 0 heterocycles. The molecule has 0 radical (unpaired) electrons. The fourth-order valence-corrected chi connectivity index (χ4v) is 3.79. The summed E-state index contributed by atoms with van der Waals surface area (Å²) in [5.74, 6) is 0.221. The molecule has 2 nitrogen and oxygen atoms in total. The fourth-order valence-electron chi connectivity index (χ4n) is 3.79. The lowest BCUT2D eigenvalue weighted by Gasteiger charge is -2.43. The van der Waals surface area contributed by atoms with Crippen molar-refractivity contribution in [3.05, 3.63) is 70.8 Å². The van der Waals surface area contributed by atoms with E-state index in [9.17, 15) is 10.2 Å². The molecule has 0 fully saturated rings. The Morgan fingerprint density at radius 1 is 0.632 bits per heavy atom. The van der Waals surface area contributed by atoms with Crippen molar-refractivity contribution >= 4 is 0 Å². The zero-order chi connectivity index (χ0) is 13.0. The van der Waals surface area contributed by atoms with Crippen LogP contribution in [0.1, 0.15) is 52.7 Å². The summed E-state index contributed by atoms with van der Waals surface area (Å²) in [5, 5.41) is 21.2. The van der Waals surface area contributed by atoms with Crippen LogP contribution >= 0.6 is 0 Å². The summed E-state index contributed by atoms with van der Waals surface area (Å²) in [6.07, 6.45) is -0.0849. The first-order valence-electron chi connectivity index (χ1n) is 6.81. The SMILES string of the molecule is O[C@H]1c2ccccc2[C@@H]2C[C@H]1c1ccccc1[C@@H]2O. The Hall–Kier alpha value is -1.64. The second kappa shape index (κ2) is 3.92. The summed E-state index contributed by atoms with van der Waals surface area (Å²) < 4.78 is 0. The van der Waals surface area contributed by atoms with E-state index in [1.807, 2.05) is 48.5 Å². The standard InChI is InChI=1S/C17H16O2/c18-16-12-7-3-1-5-10(12)14-9-15(16)11-6-2-4-8-13(11)17(14)19/h1-8,14-19H,9H2/t14-,15-,16-,17-/m0/s1. The van der Waals surface area contributed by atoms with Gasteiger partial charge in [-0.15, -0.1) is 0 Å². The molecule has 0 saturated heterocycles. The van der Waals surface area contributed by atoms with Gasteiger partial charge in [0.2, 0.25) is 0 Å². The van der Waals surface area contributed by atoms with E-state index in [0.717, 1.165) is 28.7 Å². The number of rotatable bonds is 0. The first kappa shape index (κ1) is 11.2.